The van der Waals surface area contributed by atoms with Crippen molar-refractivity contribution < 1.29 is 9.53 Å². The van der Waals surface area contributed by atoms with Crippen molar-refractivity contribution in [2.24, 2.45) is 0 Å². The molecule has 0 aliphatic heterocycles. The molecular formula is C19H22N6O2. The summed E-state index contributed by atoms with van der Waals surface area (Å²) in [6.45, 7) is 2.33. The normalized spacial score (nSPS) is 11.7. The minimum absolute atomic E-state index is 0.0920. The molecule has 1 atom stereocenters. The van der Waals surface area contributed by atoms with E-state index in [0.29, 0.717) is 12.4 Å². The van der Waals surface area contributed by atoms with Crippen molar-refractivity contribution in [3.8, 4) is 11.6 Å². The molecule has 0 fully saturated rings. The first kappa shape index (κ1) is 18.4. The number of benzene rings is 1. The third kappa shape index (κ3) is 4.22. The van der Waals surface area contributed by atoms with Crippen molar-refractivity contribution in [3.63, 3.8) is 0 Å². The molecule has 0 radical (unpaired) electrons. The number of nitrogens with one attached hydrogen (secondary N) is 1. The monoisotopic (exact) mass is 366 g/mol. The second-order valence-corrected chi connectivity index (χ2v) is 6.05. The number of nitrogens with zero attached hydrogens (tertiary/aromatic N) is 5. The Balaban J connectivity index is 1.62. The van der Waals surface area contributed by atoms with E-state index in [2.05, 4.69) is 20.4 Å². The van der Waals surface area contributed by atoms with Crippen LogP contribution in [0.4, 0.5) is 4.79 Å². The van der Waals surface area contributed by atoms with E-state index in [1.807, 2.05) is 43.3 Å². The van der Waals surface area contributed by atoms with Gasteiger partial charge < -0.3 is 15.0 Å². The van der Waals surface area contributed by atoms with E-state index in [1.54, 1.807) is 36.3 Å². The Morgan fingerprint density at radius 3 is 2.74 bits per heavy atom. The van der Waals surface area contributed by atoms with E-state index in [9.17, 15) is 4.79 Å². The van der Waals surface area contributed by atoms with Crippen LogP contribution in [0, 0.1) is 0 Å². The summed E-state index contributed by atoms with van der Waals surface area (Å²) in [5, 5.41) is 7.01. The van der Waals surface area contributed by atoms with Crippen molar-refractivity contribution in [1.82, 2.24) is 30.0 Å². The molecule has 1 unspecified atom stereocenters. The zero-order valence-electron chi connectivity index (χ0n) is 15.5. The number of amides is 2. The first-order valence-corrected chi connectivity index (χ1v) is 8.53. The van der Waals surface area contributed by atoms with Crippen LogP contribution in [0.5, 0.6) is 5.88 Å². The smallest absolute Gasteiger partial charge is 0.317 e. The summed E-state index contributed by atoms with van der Waals surface area (Å²) in [5.41, 5.74) is 2.77. The number of carbonyl (C=O) groups is 1. The number of rotatable bonds is 6. The average molecular weight is 366 g/mol. The number of urea groups is 1. The summed E-state index contributed by atoms with van der Waals surface area (Å²) >= 11 is 0. The Hall–Kier alpha value is -3.42. The highest BCUT2D eigenvalue weighted by Gasteiger charge is 2.18. The maximum atomic E-state index is 12.5. The molecule has 2 amide bonds. The Kier molecular flexibility index (Phi) is 5.65. The fourth-order valence-electron chi connectivity index (χ4n) is 2.68. The molecule has 0 saturated carbocycles. The molecule has 0 aliphatic rings. The number of pyridine rings is 1. The molecule has 0 aliphatic carbocycles. The van der Waals surface area contributed by atoms with Gasteiger partial charge in [0.25, 0.3) is 0 Å². The predicted octanol–water partition coefficient (Wildman–Crippen LogP) is 2.57. The van der Waals surface area contributed by atoms with Gasteiger partial charge in [0.1, 0.15) is 12.7 Å². The van der Waals surface area contributed by atoms with Gasteiger partial charge in [-0.3, -0.25) is 0 Å². The van der Waals surface area contributed by atoms with Gasteiger partial charge in [0, 0.05) is 25.4 Å². The summed E-state index contributed by atoms with van der Waals surface area (Å²) in [6, 6.07) is 11.3. The summed E-state index contributed by atoms with van der Waals surface area (Å²) in [6.07, 6.45) is 4.79. The molecule has 0 spiro atoms. The van der Waals surface area contributed by atoms with Crippen molar-refractivity contribution in [3.05, 3.63) is 66.4 Å². The van der Waals surface area contributed by atoms with Crippen LogP contribution in [-0.2, 0) is 6.54 Å². The molecule has 2 heterocycles. The van der Waals surface area contributed by atoms with Gasteiger partial charge in [-0.15, -0.1) is 0 Å². The number of hydrogen-bond acceptors (Lipinski definition) is 5. The standard InChI is InChI=1S/C19H22N6O2/c1-14(15-6-8-17(9-7-15)25-13-20-12-23-25)24(2)19(26)22-11-16-5-4-10-21-18(16)27-3/h4-10,12-14H,11H2,1-3H3,(H,22,26). The third-order valence-corrected chi connectivity index (χ3v) is 4.43. The summed E-state index contributed by atoms with van der Waals surface area (Å²) < 4.78 is 6.90. The lowest BCUT2D eigenvalue weighted by Crippen LogP contribution is -2.38. The second kappa shape index (κ2) is 8.31. The van der Waals surface area contributed by atoms with Gasteiger partial charge in [0.15, 0.2) is 0 Å². The summed E-state index contributed by atoms with van der Waals surface area (Å²) in [5.74, 6) is 0.511. The molecule has 3 rings (SSSR count). The first-order chi connectivity index (χ1) is 13.1. The first-order valence-electron chi connectivity index (χ1n) is 8.53. The van der Waals surface area contributed by atoms with Crippen molar-refractivity contribution in [2.75, 3.05) is 14.2 Å². The SMILES string of the molecule is COc1ncccc1CNC(=O)N(C)C(C)c1ccc(-n2cncn2)cc1. The number of carbonyl (C=O) groups excluding carboxylic acids is 1. The number of methoxy groups -OCH3 is 1. The van der Waals surface area contributed by atoms with Crippen LogP contribution in [0.1, 0.15) is 24.1 Å². The maximum Gasteiger partial charge on any atom is 0.317 e. The molecular weight excluding hydrogens is 344 g/mol. The minimum atomic E-state index is -0.172. The molecule has 27 heavy (non-hydrogen) atoms. The predicted molar refractivity (Wildman–Crippen MR) is 101 cm³/mol. The van der Waals surface area contributed by atoms with Gasteiger partial charge in [0.05, 0.1) is 18.8 Å². The van der Waals surface area contributed by atoms with Gasteiger partial charge in [-0.05, 0) is 30.7 Å². The van der Waals surface area contributed by atoms with Gasteiger partial charge in [-0.1, -0.05) is 18.2 Å². The molecule has 2 aromatic heterocycles. The molecule has 8 heteroatoms. The van der Waals surface area contributed by atoms with Crippen LogP contribution >= 0.6 is 0 Å². The van der Waals surface area contributed by atoms with Crippen molar-refractivity contribution in [2.45, 2.75) is 19.5 Å². The Morgan fingerprint density at radius 1 is 1.30 bits per heavy atom. The van der Waals surface area contributed by atoms with Crippen LogP contribution in [0.2, 0.25) is 0 Å². The molecule has 0 bridgehead atoms. The molecule has 8 nitrogen and oxygen atoms in total. The molecule has 0 saturated heterocycles. The van der Waals surface area contributed by atoms with Crippen LogP contribution < -0.4 is 10.1 Å². The van der Waals surface area contributed by atoms with Gasteiger partial charge in [0.2, 0.25) is 5.88 Å². The molecule has 1 N–H and O–H groups in total. The highest BCUT2D eigenvalue weighted by Crippen LogP contribution is 2.20. The van der Waals surface area contributed by atoms with E-state index in [0.717, 1.165) is 16.8 Å². The van der Waals surface area contributed by atoms with Crippen molar-refractivity contribution >= 4 is 6.03 Å². The van der Waals surface area contributed by atoms with Gasteiger partial charge in [-0.2, -0.15) is 5.10 Å². The number of aromatic nitrogens is 4. The lowest BCUT2D eigenvalue weighted by Gasteiger charge is -2.26. The zero-order chi connectivity index (χ0) is 19.2. The third-order valence-electron chi connectivity index (χ3n) is 4.43. The van der Waals surface area contributed by atoms with E-state index >= 15 is 0 Å². The fraction of sp³-hybridized carbons (Fsp3) is 0.263. The second-order valence-electron chi connectivity index (χ2n) is 6.05. The fourth-order valence-corrected chi connectivity index (χ4v) is 2.68. The van der Waals surface area contributed by atoms with E-state index in [4.69, 9.17) is 4.74 Å². The summed E-state index contributed by atoms with van der Waals surface area (Å²) in [7, 11) is 3.33. The Morgan fingerprint density at radius 2 is 2.07 bits per heavy atom. The van der Waals surface area contributed by atoms with Crippen LogP contribution in [0.25, 0.3) is 5.69 Å². The van der Waals surface area contributed by atoms with Crippen LogP contribution in [0.15, 0.2) is 55.2 Å². The largest absolute Gasteiger partial charge is 0.481 e. The topological polar surface area (TPSA) is 85.2 Å². The molecule has 1 aromatic carbocycles. The number of ether oxygens (including phenoxy) is 1. The highest BCUT2D eigenvalue weighted by molar-refractivity contribution is 5.74. The highest BCUT2D eigenvalue weighted by atomic mass is 16.5. The lowest BCUT2D eigenvalue weighted by molar-refractivity contribution is 0.194. The zero-order valence-corrected chi connectivity index (χ0v) is 15.5. The number of hydrogen-bond donors (Lipinski definition) is 1. The van der Waals surface area contributed by atoms with E-state index in [-0.39, 0.29) is 12.1 Å². The van der Waals surface area contributed by atoms with Crippen LogP contribution in [-0.4, -0.2) is 44.8 Å². The van der Waals surface area contributed by atoms with E-state index < -0.39 is 0 Å². The summed E-state index contributed by atoms with van der Waals surface area (Å²) in [4.78, 5) is 22.3. The van der Waals surface area contributed by atoms with E-state index in [1.165, 1.54) is 6.33 Å². The average Bonchev–Trinajstić information content (AvgIpc) is 3.26. The van der Waals surface area contributed by atoms with Gasteiger partial charge in [-0.25, -0.2) is 19.4 Å². The molecule has 3 aromatic rings. The minimum Gasteiger partial charge on any atom is -0.481 e. The maximum absolute atomic E-state index is 12.5. The molecule has 140 valence electrons. The van der Waals surface area contributed by atoms with Crippen LogP contribution in [0.3, 0.4) is 0 Å². The quantitative estimate of drug-likeness (QED) is 0.725. The Labute approximate surface area is 157 Å². The lowest BCUT2D eigenvalue weighted by atomic mass is 10.1. The Bertz CT molecular complexity index is 879. The van der Waals surface area contributed by atoms with Crippen molar-refractivity contribution in [1.29, 1.82) is 0 Å². The van der Waals surface area contributed by atoms with Gasteiger partial charge >= 0.3 is 6.03 Å².